The molecule has 276 valence electrons. The van der Waals surface area contributed by atoms with Crippen LogP contribution in [0.4, 0.5) is 17.1 Å². The number of hydrogen-bond donors (Lipinski definition) is 0. The zero-order valence-electron chi connectivity index (χ0n) is 33.3. The number of fused-ring (bicyclic) bond motifs is 4. The number of allylic oxidation sites excluding steroid dienone is 6. The molecule has 0 saturated heterocycles. The lowest BCUT2D eigenvalue weighted by Gasteiger charge is -2.28. The number of aryl methyl sites for hydroxylation is 1. The number of aromatic nitrogens is 1. The summed E-state index contributed by atoms with van der Waals surface area (Å²) in [5, 5.41) is 1.33. The predicted octanol–water partition coefficient (Wildman–Crippen LogP) is 15.2. The minimum atomic E-state index is -0.213. The fourth-order valence-electron chi connectivity index (χ4n) is 8.54. The normalized spacial score (nSPS) is 13.4. The molecule has 1 aliphatic carbocycles. The van der Waals surface area contributed by atoms with Gasteiger partial charge < -0.3 is 9.47 Å². The van der Waals surface area contributed by atoms with Gasteiger partial charge in [-0.1, -0.05) is 150 Å². The molecule has 0 N–H and O–H groups in total. The topological polar surface area (TPSA) is 8.17 Å². The smallest absolute Gasteiger partial charge is 0.0537 e. The van der Waals surface area contributed by atoms with Crippen LogP contribution in [0.2, 0.25) is 0 Å². The molecule has 0 radical (unpaired) electrons. The van der Waals surface area contributed by atoms with Crippen LogP contribution in [-0.4, -0.2) is 4.57 Å². The van der Waals surface area contributed by atoms with E-state index in [4.69, 9.17) is 0 Å². The summed E-state index contributed by atoms with van der Waals surface area (Å²) >= 11 is 0. The van der Waals surface area contributed by atoms with Crippen molar-refractivity contribution >= 4 is 39.6 Å². The Morgan fingerprint density at radius 2 is 1.32 bits per heavy atom. The molecular weight excluding hydrogens is 677 g/mol. The SMILES string of the molecule is C=C/C(=C\C=C/C)c1ccc(N(c2ccc(-c3ccccc3)cc2)c2ccc3c(c2)C(C)(C)c2cc(-n4c(/C=C\CC)c(CC)c5ccccc54)ccc2-3)cc1. The standard InChI is InChI=1S/C54H50N2/c1-7-11-18-38(9-3)40-24-28-42(29-25-40)55(43-30-26-41(27-31-43)39-19-14-13-15-20-39)44-32-34-47-48-35-33-45(37-51(48)54(5,6)50(47)36-44)56-52(22-12-8-2)46(10-4)49-21-16-17-23-53(49)56/h7,9,11-37H,3,8,10H2,1-2,4-6H3/b11-7-,22-12-,38-18+. The predicted molar refractivity (Wildman–Crippen MR) is 243 cm³/mol. The van der Waals surface area contributed by atoms with Crippen molar-refractivity contribution in [3.8, 4) is 27.9 Å². The Morgan fingerprint density at radius 3 is 2.00 bits per heavy atom. The maximum absolute atomic E-state index is 4.08. The van der Waals surface area contributed by atoms with Gasteiger partial charge in [0.1, 0.15) is 0 Å². The molecular formula is C54H50N2. The second-order valence-corrected chi connectivity index (χ2v) is 15.1. The Labute approximate surface area is 333 Å². The average Bonchev–Trinajstić information content (AvgIpc) is 3.68. The van der Waals surface area contributed by atoms with E-state index in [0.29, 0.717) is 0 Å². The van der Waals surface area contributed by atoms with E-state index in [1.807, 2.05) is 19.1 Å². The second-order valence-electron chi connectivity index (χ2n) is 15.1. The third-order valence-corrected chi connectivity index (χ3v) is 11.4. The summed E-state index contributed by atoms with van der Waals surface area (Å²) in [5.41, 5.74) is 18.2. The zero-order chi connectivity index (χ0) is 38.8. The molecule has 56 heavy (non-hydrogen) atoms. The van der Waals surface area contributed by atoms with E-state index >= 15 is 0 Å². The molecule has 1 aliphatic rings. The lowest BCUT2D eigenvalue weighted by Crippen LogP contribution is -2.17. The van der Waals surface area contributed by atoms with E-state index in [1.165, 1.54) is 61.2 Å². The molecule has 0 fully saturated rings. The molecule has 0 saturated carbocycles. The van der Waals surface area contributed by atoms with Crippen LogP contribution in [0.25, 0.3) is 50.5 Å². The van der Waals surface area contributed by atoms with Crippen molar-refractivity contribution in [2.24, 2.45) is 0 Å². The second kappa shape index (κ2) is 15.4. The van der Waals surface area contributed by atoms with Crippen molar-refractivity contribution in [2.75, 3.05) is 4.90 Å². The summed E-state index contributed by atoms with van der Waals surface area (Å²) in [5.74, 6) is 0. The number of para-hydroxylation sites is 1. The van der Waals surface area contributed by atoms with Gasteiger partial charge in [-0.3, -0.25) is 0 Å². The maximum Gasteiger partial charge on any atom is 0.0537 e. The van der Waals surface area contributed by atoms with E-state index in [1.54, 1.807) is 0 Å². The summed E-state index contributed by atoms with van der Waals surface area (Å²) in [6.45, 7) is 15.4. The number of hydrogen-bond acceptors (Lipinski definition) is 1. The number of nitrogens with zero attached hydrogens (tertiary/aromatic N) is 2. The van der Waals surface area contributed by atoms with Gasteiger partial charge in [-0.15, -0.1) is 0 Å². The molecule has 0 aliphatic heterocycles. The van der Waals surface area contributed by atoms with Crippen molar-refractivity contribution in [3.63, 3.8) is 0 Å². The zero-order valence-corrected chi connectivity index (χ0v) is 33.3. The Bertz CT molecular complexity index is 2630. The van der Waals surface area contributed by atoms with Gasteiger partial charge in [0.15, 0.2) is 0 Å². The van der Waals surface area contributed by atoms with Gasteiger partial charge in [0.25, 0.3) is 0 Å². The Kier molecular flexibility index (Phi) is 10.1. The molecule has 6 aromatic carbocycles. The first-order chi connectivity index (χ1) is 27.4. The van der Waals surface area contributed by atoms with Crippen LogP contribution < -0.4 is 4.90 Å². The van der Waals surface area contributed by atoms with Crippen molar-refractivity contribution in [1.82, 2.24) is 4.57 Å². The molecule has 1 aromatic heterocycles. The highest BCUT2D eigenvalue weighted by Crippen LogP contribution is 2.51. The van der Waals surface area contributed by atoms with Crippen LogP contribution in [-0.2, 0) is 11.8 Å². The maximum atomic E-state index is 4.08. The highest BCUT2D eigenvalue weighted by Gasteiger charge is 2.36. The highest BCUT2D eigenvalue weighted by molar-refractivity contribution is 5.92. The van der Waals surface area contributed by atoms with Gasteiger partial charge in [-0.25, -0.2) is 0 Å². The third-order valence-electron chi connectivity index (χ3n) is 11.4. The van der Waals surface area contributed by atoms with Crippen molar-refractivity contribution < 1.29 is 0 Å². The summed E-state index contributed by atoms with van der Waals surface area (Å²) in [7, 11) is 0. The summed E-state index contributed by atoms with van der Waals surface area (Å²) in [4.78, 5) is 2.39. The Hall–Kier alpha value is -6.38. The first-order valence-corrected chi connectivity index (χ1v) is 20.0. The van der Waals surface area contributed by atoms with E-state index in [-0.39, 0.29) is 5.41 Å². The van der Waals surface area contributed by atoms with Gasteiger partial charge in [-0.2, -0.15) is 0 Å². The molecule has 0 bridgehead atoms. The quantitative estimate of drug-likeness (QED) is 0.121. The van der Waals surface area contributed by atoms with Crippen LogP contribution in [0.15, 0.2) is 176 Å². The lowest BCUT2D eigenvalue weighted by molar-refractivity contribution is 0.660. The molecule has 7 aromatic rings. The third kappa shape index (κ3) is 6.46. The summed E-state index contributed by atoms with van der Waals surface area (Å²) in [6.07, 6.45) is 14.7. The van der Waals surface area contributed by atoms with Gasteiger partial charge in [0, 0.05) is 39.2 Å². The van der Waals surface area contributed by atoms with E-state index < -0.39 is 0 Å². The van der Waals surface area contributed by atoms with E-state index in [0.717, 1.165) is 41.0 Å². The minimum Gasteiger partial charge on any atom is -0.310 e. The van der Waals surface area contributed by atoms with E-state index in [2.05, 4.69) is 208 Å². The monoisotopic (exact) mass is 726 g/mol. The fourth-order valence-corrected chi connectivity index (χ4v) is 8.54. The van der Waals surface area contributed by atoms with Crippen molar-refractivity contribution in [2.45, 2.75) is 52.9 Å². The van der Waals surface area contributed by atoms with Crippen LogP contribution in [0.3, 0.4) is 0 Å². The average molecular weight is 727 g/mol. The van der Waals surface area contributed by atoms with Crippen molar-refractivity contribution in [1.29, 1.82) is 0 Å². The molecule has 2 nitrogen and oxygen atoms in total. The minimum absolute atomic E-state index is 0.213. The van der Waals surface area contributed by atoms with Gasteiger partial charge in [0.05, 0.1) is 5.52 Å². The Morgan fingerprint density at radius 1 is 0.696 bits per heavy atom. The molecule has 0 amide bonds. The number of rotatable bonds is 11. The molecule has 0 atom stereocenters. The lowest BCUT2D eigenvalue weighted by atomic mass is 9.82. The largest absolute Gasteiger partial charge is 0.310 e. The van der Waals surface area contributed by atoms with Gasteiger partial charge in [-0.05, 0) is 131 Å². The van der Waals surface area contributed by atoms with Crippen LogP contribution in [0.1, 0.15) is 69.0 Å². The summed E-state index contributed by atoms with van der Waals surface area (Å²) < 4.78 is 2.47. The molecule has 2 heteroatoms. The molecule has 1 heterocycles. The number of benzene rings is 6. The first-order valence-electron chi connectivity index (χ1n) is 20.0. The van der Waals surface area contributed by atoms with Crippen LogP contribution >= 0.6 is 0 Å². The van der Waals surface area contributed by atoms with Crippen LogP contribution in [0, 0.1) is 0 Å². The van der Waals surface area contributed by atoms with Gasteiger partial charge >= 0.3 is 0 Å². The molecule has 0 spiro atoms. The summed E-state index contributed by atoms with van der Waals surface area (Å²) in [6, 6.07) is 51.4. The van der Waals surface area contributed by atoms with Crippen LogP contribution in [0.5, 0.6) is 0 Å². The Balaban J connectivity index is 1.23. The fraction of sp³-hybridized carbons (Fsp3) is 0.148. The van der Waals surface area contributed by atoms with Gasteiger partial charge in [0.2, 0.25) is 0 Å². The first kappa shape index (κ1) is 36.6. The molecule has 0 unspecified atom stereocenters. The highest BCUT2D eigenvalue weighted by atomic mass is 15.1. The molecule has 8 rings (SSSR count). The van der Waals surface area contributed by atoms with E-state index in [9.17, 15) is 0 Å². The van der Waals surface area contributed by atoms with Crippen molar-refractivity contribution in [3.05, 3.63) is 204 Å². The number of anilines is 3.